The highest BCUT2D eigenvalue weighted by Gasteiger charge is 2.40. The Labute approximate surface area is 142 Å². The minimum Gasteiger partial charge on any atom is -0.412 e. The van der Waals surface area contributed by atoms with Crippen LogP contribution in [0.4, 0.5) is 0 Å². The maximum Gasteiger partial charge on any atom is 0.192 e. The van der Waals surface area contributed by atoms with Crippen LogP contribution in [-0.2, 0) is 20.5 Å². The van der Waals surface area contributed by atoms with Crippen LogP contribution in [0.1, 0.15) is 39.7 Å². The molecule has 0 amide bonds. The third kappa shape index (κ3) is 5.71. The van der Waals surface area contributed by atoms with Gasteiger partial charge in [-0.3, -0.25) is 0 Å². The molecule has 1 heterocycles. The standard InChI is InChI=1S/C19H32O3Si/c1-15(22-23(5,6)19(2,3)4)18(12-17-14-20-17)21-13-16-10-8-7-9-11-16/h7-11,15,17-18H,12-14H2,1-6H3/t15-,17-,18+/m0/s1. The van der Waals surface area contributed by atoms with Crippen LogP contribution in [0.25, 0.3) is 0 Å². The molecule has 130 valence electrons. The summed E-state index contributed by atoms with van der Waals surface area (Å²) in [6.45, 7) is 15.1. The highest BCUT2D eigenvalue weighted by atomic mass is 28.4. The van der Waals surface area contributed by atoms with Crippen LogP contribution in [0, 0.1) is 0 Å². The molecule has 4 heteroatoms. The maximum absolute atomic E-state index is 6.54. The van der Waals surface area contributed by atoms with Crippen molar-refractivity contribution in [2.75, 3.05) is 6.61 Å². The summed E-state index contributed by atoms with van der Waals surface area (Å²) in [7, 11) is -1.79. The van der Waals surface area contributed by atoms with Crippen LogP contribution in [0.15, 0.2) is 30.3 Å². The summed E-state index contributed by atoms with van der Waals surface area (Å²) in [5.74, 6) is 0. The number of hydrogen-bond acceptors (Lipinski definition) is 3. The average Bonchev–Trinajstić information content (AvgIpc) is 3.26. The first-order chi connectivity index (χ1) is 10.7. The second-order valence-corrected chi connectivity index (χ2v) is 12.9. The molecule has 0 unspecified atom stereocenters. The van der Waals surface area contributed by atoms with E-state index in [4.69, 9.17) is 13.9 Å². The van der Waals surface area contributed by atoms with E-state index < -0.39 is 8.32 Å². The topological polar surface area (TPSA) is 31.0 Å². The van der Waals surface area contributed by atoms with E-state index in [1.54, 1.807) is 0 Å². The van der Waals surface area contributed by atoms with Crippen LogP contribution < -0.4 is 0 Å². The molecule has 0 spiro atoms. The molecule has 1 saturated heterocycles. The lowest BCUT2D eigenvalue weighted by molar-refractivity contribution is -0.0400. The van der Waals surface area contributed by atoms with Gasteiger partial charge >= 0.3 is 0 Å². The molecule has 23 heavy (non-hydrogen) atoms. The molecule has 3 nitrogen and oxygen atoms in total. The van der Waals surface area contributed by atoms with E-state index >= 15 is 0 Å². The summed E-state index contributed by atoms with van der Waals surface area (Å²) in [6, 6.07) is 10.3. The number of epoxide rings is 1. The summed E-state index contributed by atoms with van der Waals surface area (Å²) in [4.78, 5) is 0. The smallest absolute Gasteiger partial charge is 0.192 e. The van der Waals surface area contributed by atoms with E-state index in [0.717, 1.165) is 13.0 Å². The molecule has 1 aromatic carbocycles. The van der Waals surface area contributed by atoms with Crippen molar-refractivity contribution in [2.45, 2.75) is 77.2 Å². The quantitative estimate of drug-likeness (QED) is 0.506. The molecule has 1 aliphatic rings. The summed E-state index contributed by atoms with van der Waals surface area (Å²) >= 11 is 0. The molecule has 1 fully saturated rings. The van der Waals surface area contributed by atoms with Crippen molar-refractivity contribution < 1.29 is 13.9 Å². The summed E-state index contributed by atoms with van der Waals surface area (Å²) in [6.07, 6.45) is 1.43. The van der Waals surface area contributed by atoms with Crippen molar-refractivity contribution in [3.8, 4) is 0 Å². The molecule has 0 aromatic heterocycles. The second-order valence-electron chi connectivity index (χ2n) is 8.11. The SMILES string of the molecule is C[C@H](O[Si](C)(C)C(C)(C)C)[C@@H](C[C@H]1CO1)OCc1ccccc1. The van der Waals surface area contributed by atoms with Crippen molar-refractivity contribution in [3.05, 3.63) is 35.9 Å². The molecule has 3 atom stereocenters. The van der Waals surface area contributed by atoms with Crippen LogP contribution in [0.3, 0.4) is 0 Å². The first kappa shape index (κ1) is 18.7. The van der Waals surface area contributed by atoms with Crippen LogP contribution in [-0.4, -0.2) is 33.2 Å². The fourth-order valence-electron chi connectivity index (χ4n) is 2.35. The molecular formula is C19H32O3Si. The lowest BCUT2D eigenvalue weighted by Crippen LogP contribution is -2.46. The van der Waals surface area contributed by atoms with Crippen molar-refractivity contribution in [1.82, 2.24) is 0 Å². The first-order valence-corrected chi connectivity index (χ1v) is 11.5. The lowest BCUT2D eigenvalue weighted by Gasteiger charge is -2.40. The van der Waals surface area contributed by atoms with Gasteiger partial charge in [0.2, 0.25) is 0 Å². The van der Waals surface area contributed by atoms with Crippen molar-refractivity contribution in [3.63, 3.8) is 0 Å². The fourth-order valence-corrected chi connectivity index (χ4v) is 3.79. The van der Waals surface area contributed by atoms with Crippen LogP contribution in [0.5, 0.6) is 0 Å². The van der Waals surface area contributed by atoms with Gasteiger partial charge in [-0.05, 0) is 30.6 Å². The molecule has 0 aliphatic carbocycles. The van der Waals surface area contributed by atoms with Gasteiger partial charge in [-0.25, -0.2) is 0 Å². The number of rotatable bonds is 8. The van der Waals surface area contributed by atoms with E-state index in [1.165, 1.54) is 5.56 Å². The predicted octanol–water partition coefficient (Wildman–Crippen LogP) is 4.77. The number of hydrogen-bond donors (Lipinski definition) is 0. The maximum atomic E-state index is 6.54. The first-order valence-electron chi connectivity index (χ1n) is 8.64. The zero-order chi connectivity index (χ0) is 17.1. The van der Waals surface area contributed by atoms with Gasteiger partial charge in [0.1, 0.15) is 0 Å². The molecular weight excluding hydrogens is 304 g/mol. The zero-order valence-electron chi connectivity index (χ0n) is 15.5. The van der Waals surface area contributed by atoms with Gasteiger partial charge in [-0.2, -0.15) is 0 Å². The van der Waals surface area contributed by atoms with Crippen molar-refractivity contribution in [2.24, 2.45) is 0 Å². The van der Waals surface area contributed by atoms with Crippen molar-refractivity contribution in [1.29, 1.82) is 0 Å². The third-order valence-electron chi connectivity index (χ3n) is 5.01. The van der Waals surface area contributed by atoms with E-state index in [9.17, 15) is 0 Å². The molecule has 1 aromatic rings. The molecule has 0 N–H and O–H groups in total. The normalized spacial score (nSPS) is 21.0. The zero-order valence-corrected chi connectivity index (χ0v) is 16.5. The Balaban J connectivity index is 1.96. The fraction of sp³-hybridized carbons (Fsp3) is 0.684. The van der Waals surface area contributed by atoms with E-state index in [0.29, 0.717) is 12.7 Å². The molecule has 0 saturated carbocycles. The van der Waals surface area contributed by atoms with Crippen molar-refractivity contribution >= 4 is 8.32 Å². The van der Waals surface area contributed by atoms with Crippen LogP contribution in [0.2, 0.25) is 18.1 Å². The van der Waals surface area contributed by atoms with Gasteiger partial charge in [0, 0.05) is 6.42 Å². The minimum absolute atomic E-state index is 0.0804. The van der Waals surface area contributed by atoms with Gasteiger partial charge in [0.05, 0.1) is 31.5 Å². The monoisotopic (exact) mass is 336 g/mol. The Morgan fingerprint density at radius 1 is 1.22 bits per heavy atom. The highest BCUT2D eigenvalue weighted by molar-refractivity contribution is 6.74. The number of ether oxygens (including phenoxy) is 2. The summed E-state index contributed by atoms with van der Waals surface area (Å²) < 4.78 is 18.2. The Morgan fingerprint density at radius 3 is 2.35 bits per heavy atom. The lowest BCUT2D eigenvalue weighted by atomic mass is 10.1. The molecule has 0 bridgehead atoms. The van der Waals surface area contributed by atoms with E-state index in [2.05, 4.69) is 52.9 Å². The van der Waals surface area contributed by atoms with Gasteiger partial charge in [-0.1, -0.05) is 51.1 Å². The van der Waals surface area contributed by atoms with E-state index in [-0.39, 0.29) is 17.2 Å². The van der Waals surface area contributed by atoms with Gasteiger partial charge < -0.3 is 13.9 Å². The van der Waals surface area contributed by atoms with Crippen LogP contribution >= 0.6 is 0 Å². The highest BCUT2D eigenvalue weighted by Crippen LogP contribution is 2.38. The third-order valence-corrected chi connectivity index (χ3v) is 9.59. The van der Waals surface area contributed by atoms with Gasteiger partial charge in [0.15, 0.2) is 8.32 Å². The second kappa shape index (κ2) is 7.47. The Hall–Kier alpha value is -0.683. The Morgan fingerprint density at radius 2 is 1.83 bits per heavy atom. The predicted molar refractivity (Wildman–Crippen MR) is 97.1 cm³/mol. The molecule has 1 aliphatic heterocycles. The van der Waals surface area contributed by atoms with E-state index in [1.807, 2.05) is 18.2 Å². The molecule has 0 radical (unpaired) electrons. The van der Waals surface area contributed by atoms with Gasteiger partial charge in [-0.15, -0.1) is 0 Å². The minimum atomic E-state index is -1.79. The molecule has 2 rings (SSSR count). The summed E-state index contributed by atoms with van der Waals surface area (Å²) in [5, 5.41) is 0.210. The Bertz CT molecular complexity index is 477. The summed E-state index contributed by atoms with van der Waals surface area (Å²) in [5.41, 5.74) is 1.20. The average molecular weight is 337 g/mol. The Kier molecular flexibility index (Phi) is 6.06. The number of benzene rings is 1. The van der Waals surface area contributed by atoms with Gasteiger partial charge in [0.25, 0.3) is 0 Å². The largest absolute Gasteiger partial charge is 0.412 e.